The average molecular weight is 272 g/mol. The van der Waals surface area contributed by atoms with Crippen LogP contribution in [0, 0.1) is 19.7 Å². The molecule has 102 valence electrons. The number of hydrogen-bond acceptors (Lipinski definition) is 4. The Balaban J connectivity index is 2.11. The molecule has 3 aromatic rings. The zero-order valence-electron chi connectivity index (χ0n) is 11.1. The SMILES string of the molecule is Cc1cn2ncnc(Oc3ccc(N)cc3F)c2c1C. The molecule has 2 heterocycles. The molecule has 0 atom stereocenters. The molecule has 5 nitrogen and oxygen atoms in total. The van der Waals surface area contributed by atoms with Gasteiger partial charge in [0.1, 0.15) is 11.8 Å². The van der Waals surface area contributed by atoms with Gasteiger partial charge in [0.25, 0.3) is 0 Å². The number of anilines is 1. The van der Waals surface area contributed by atoms with Crippen LogP contribution in [0.5, 0.6) is 11.6 Å². The molecule has 0 aliphatic carbocycles. The van der Waals surface area contributed by atoms with Gasteiger partial charge in [0.15, 0.2) is 11.6 Å². The second-order valence-electron chi connectivity index (χ2n) is 4.59. The van der Waals surface area contributed by atoms with Crippen molar-refractivity contribution >= 4 is 11.2 Å². The molecule has 0 spiro atoms. The summed E-state index contributed by atoms with van der Waals surface area (Å²) in [6, 6.07) is 4.27. The average Bonchev–Trinajstić information content (AvgIpc) is 2.69. The van der Waals surface area contributed by atoms with Crippen LogP contribution in [0.4, 0.5) is 10.1 Å². The van der Waals surface area contributed by atoms with E-state index in [2.05, 4.69) is 10.1 Å². The molecule has 0 unspecified atom stereocenters. The highest BCUT2D eigenvalue weighted by atomic mass is 19.1. The summed E-state index contributed by atoms with van der Waals surface area (Å²) >= 11 is 0. The highest BCUT2D eigenvalue weighted by Gasteiger charge is 2.14. The number of benzene rings is 1. The Morgan fingerprint density at radius 3 is 2.85 bits per heavy atom. The second kappa shape index (κ2) is 4.48. The Bertz CT molecular complexity index is 797. The van der Waals surface area contributed by atoms with Crippen molar-refractivity contribution in [3.05, 3.63) is 47.7 Å². The fraction of sp³-hybridized carbons (Fsp3) is 0.143. The van der Waals surface area contributed by atoms with Crippen molar-refractivity contribution in [2.24, 2.45) is 0 Å². The molecule has 0 aliphatic rings. The molecule has 0 fully saturated rings. The van der Waals surface area contributed by atoms with Gasteiger partial charge in [0.05, 0.1) is 0 Å². The van der Waals surface area contributed by atoms with Gasteiger partial charge in [0.2, 0.25) is 5.88 Å². The number of ether oxygens (including phenoxy) is 1. The maximum absolute atomic E-state index is 13.8. The van der Waals surface area contributed by atoms with E-state index in [0.717, 1.165) is 16.6 Å². The Morgan fingerprint density at radius 1 is 1.30 bits per heavy atom. The first-order valence-corrected chi connectivity index (χ1v) is 6.08. The fourth-order valence-electron chi connectivity index (χ4n) is 2.03. The minimum Gasteiger partial charge on any atom is -0.434 e. The van der Waals surface area contributed by atoms with E-state index < -0.39 is 5.82 Å². The monoisotopic (exact) mass is 272 g/mol. The zero-order chi connectivity index (χ0) is 14.3. The lowest BCUT2D eigenvalue weighted by atomic mass is 10.2. The number of rotatable bonds is 2. The summed E-state index contributed by atoms with van der Waals surface area (Å²) in [5.74, 6) is -0.130. The van der Waals surface area contributed by atoms with Gasteiger partial charge in [-0.2, -0.15) is 10.1 Å². The van der Waals surface area contributed by atoms with Crippen molar-refractivity contribution in [3.8, 4) is 11.6 Å². The van der Waals surface area contributed by atoms with Crippen LogP contribution in [0.3, 0.4) is 0 Å². The van der Waals surface area contributed by atoms with Gasteiger partial charge in [-0.15, -0.1) is 0 Å². The number of fused-ring (bicyclic) bond motifs is 1. The van der Waals surface area contributed by atoms with Crippen molar-refractivity contribution < 1.29 is 9.13 Å². The number of aromatic nitrogens is 3. The van der Waals surface area contributed by atoms with E-state index in [1.54, 1.807) is 10.6 Å². The highest BCUT2D eigenvalue weighted by Crippen LogP contribution is 2.29. The zero-order valence-corrected chi connectivity index (χ0v) is 11.1. The normalized spacial score (nSPS) is 10.9. The Labute approximate surface area is 114 Å². The van der Waals surface area contributed by atoms with E-state index in [9.17, 15) is 4.39 Å². The summed E-state index contributed by atoms with van der Waals surface area (Å²) in [7, 11) is 0. The van der Waals surface area contributed by atoms with Crippen LogP contribution in [0.1, 0.15) is 11.1 Å². The lowest BCUT2D eigenvalue weighted by Gasteiger charge is -2.08. The first-order valence-electron chi connectivity index (χ1n) is 6.08. The number of nitrogens with zero attached hydrogens (tertiary/aromatic N) is 3. The lowest BCUT2D eigenvalue weighted by Crippen LogP contribution is -1.98. The van der Waals surface area contributed by atoms with Crippen LogP contribution >= 0.6 is 0 Å². The third-order valence-corrected chi connectivity index (χ3v) is 3.21. The second-order valence-corrected chi connectivity index (χ2v) is 4.59. The first-order chi connectivity index (χ1) is 9.56. The summed E-state index contributed by atoms with van der Waals surface area (Å²) in [5.41, 5.74) is 8.64. The maximum Gasteiger partial charge on any atom is 0.247 e. The molecule has 0 saturated heterocycles. The van der Waals surface area contributed by atoms with Crippen molar-refractivity contribution in [2.75, 3.05) is 5.73 Å². The Hall–Kier alpha value is -2.63. The predicted octanol–water partition coefficient (Wildman–Crippen LogP) is 2.86. The largest absolute Gasteiger partial charge is 0.434 e. The molecule has 3 rings (SSSR count). The van der Waals surface area contributed by atoms with Gasteiger partial charge in [-0.05, 0) is 37.1 Å². The lowest BCUT2D eigenvalue weighted by molar-refractivity contribution is 0.428. The number of aryl methyl sites for hydroxylation is 2. The van der Waals surface area contributed by atoms with E-state index in [4.69, 9.17) is 10.5 Å². The topological polar surface area (TPSA) is 65.4 Å². The molecule has 0 saturated carbocycles. The van der Waals surface area contributed by atoms with E-state index in [1.165, 1.54) is 18.5 Å². The first kappa shape index (κ1) is 12.4. The fourth-order valence-corrected chi connectivity index (χ4v) is 2.03. The number of hydrogen-bond donors (Lipinski definition) is 1. The standard InChI is InChI=1S/C14H13FN4O/c1-8-6-19-13(9(8)2)14(17-7-18-19)20-12-4-3-10(16)5-11(12)15/h3-7H,16H2,1-2H3. The highest BCUT2D eigenvalue weighted by molar-refractivity contribution is 5.65. The van der Waals surface area contributed by atoms with Gasteiger partial charge >= 0.3 is 0 Å². The summed E-state index contributed by atoms with van der Waals surface area (Å²) in [5, 5.41) is 4.11. The number of halogens is 1. The summed E-state index contributed by atoms with van der Waals surface area (Å²) in [6.07, 6.45) is 3.25. The molecule has 0 amide bonds. The molecule has 1 aromatic carbocycles. The summed E-state index contributed by atoms with van der Waals surface area (Å²) < 4.78 is 21.0. The van der Waals surface area contributed by atoms with Gasteiger partial charge in [-0.25, -0.2) is 8.91 Å². The molecular weight excluding hydrogens is 259 g/mol. The van der Waals surface area contributed by atoms with Crippen LogP contribution in [0.15, 0.2) is 30.7 Å². The van der Waals surface area contributed by atoms with Crippen LogP contribution in [0.25, 0.3) is 5.52 Å². The van der Waals surface area contributed by atoms with Crippen LogP contribution in [0.2, 0.25) is 0 Å². The Morgan fingerprint density at radius 2 is 2.10 bits per heavy atom. The van der Waals surface area contributed by atoms with Gasteiger partial charge in [0, 0.05) is 18.0 Å². The molecule has 2 N–H and O–H groups in total. The maximum atomic E-state index is 13.8. The van der Waals surface area contributed by atoms with Gasteiger partial charge in [-0.1, -0.05) is 0 Å². The molecule has 0 radical (unpaired) electrons. The van der Waals surface area contributed by atoms with Gasteiger partial charge < -0.3 is 10.5 Å². The molecule has 0 aliphatic heterocycles. The van der Waals surface area contributed by atoms with E-state index >= 15 is 0 Å². The smallest absolute Gasteiger partial charge is 0.247 e. The summed E-state index contributed by atoms with van der Waals surface area (Å²) in [4.78, 5) is 4.09. The molecule has 0 bridgehead atoms. The van der Waals surface area contributed by atoms with Crippen molar-refractivity contribution in [2.45, 2.75) is 13.8 Å². The third kappa shape index (κ3) is 1.95. The minimum absolute atomic E-state index is 0.0815. The molecule has 20 heavy (non-hydrogen) atoms. The molecule has 6 heteroatoms. The van der Waals surface area contributed by atoms with Crippen LogP contribution in [-0.4, -0.2) is 14.6 Å². The number of nitrogens with two attached hydrogens (primary N) is 1. The van der Waals surface area contributed by atoms with Crippen LogP contribution in [-0.2, 0) is 0 Å². The number of nitrogen functional groups attached to an aromatic ring is 1. The Kier molecular flexibility index (Phi) is 2.78. The predicted molar refractivity (Wildman–Crippen MR) is 73.3 cm³/mol. The third-order valence-electron chi connectivity index (χ3n) is 3.21. The van der Waals surface area contributed by atoms with Gasteiger partial charge in [-0.3, -0.25) is 0 Å². The summed E-state index contributed by atoms with van der Waals surface area (Å²) in [6.45, 7) is 3.91. The van der Waals surface area contributed by atoms with E-state index in [1.807, 2.05) is 20.0 Å². The van der Waals surface area contributed by atoms with Crippen LogP contribution < -0.4 is 10.5 Å². The van der Waals surface area contributed by atoms with Crippen molar-refractivity contribution in [3.63, 3.8) is 0 Å². The minimum atomic E-state index is -0.525. The van der Waals surface area contributed by atoms with Crippen molar-refractivity contribution in [1.29, 1.82) is 0 Å². The molecule has 2 aromatic heterocycles. The van der Waals surface area contributed by atoms with E-state index in [0.29, 0.717) is 11.6 Å². The molecular formula is C14H13FN4O. The van der Waals surface area contributed by atoms with E-state index in [-0.39, 0.29) is 5.75 Å². The van der Waals surface area contributed by atoms with Crippen molar-refractivity contribution in [1.82, 2.24) is 14.6 Å². The quantitative estimate of drug-likeness (QED) is 0.728.